The van der Waals surface area contributed by atoms with Crippen LogP contribution in [-0.2, 0) is 22.6 Å². The molecular weight excluding hydrogens is 332 g/mol. The Bertz CT molecular complexity index is 772. The maximum atomic E-state index is 12.7. The first kappa shape index (κ1) is 18.1. The van der Waals surface area contributed by atoms with Gasteiger partial charge in [0.05, 0.1) is 13.1 Å². The summed E-state index contributed by atoms with van der Waals surface area (Å²) in [5.74, 6) is 0.947. The minimum atomic E-state index is -0.534. The molecular formula is C19H24N4O3. The standard InChI is InChI=1S/C19H24N4O3/c1-13(2)18-20-16(21-26-18)11-23-14(3)19(25)22(12-17(23)24)10-9-15-7-5-4-6-8-15/h4-8,13-14H,9-12H2,1-3H3/t14-/m1/s1. The molecule has 1 aliphatic heterocycles. The van der Waals surface area contributed by atoms with Crippen molar-refractivity contribution in [2.75, 3.05) is 13.1 Å². The molecule has 0 radical (unpaired) electrons. The topological polar surface area (TPSA) is 79.5 Å². The molecule has 0 spiro atoms. The monoisotopic (exact) mass is 356 g/mol. The zero-order valence-electron chi connectivity index (χ0n) is 15.4. The van der Waals surface area contributed by atoms with Gasteiger partial charge in [-0.05, 0) is 18.9 Å². The molecule has 26 heavy (non-hydrogen) atoms. The minimum Gasteiger partial charge on any atom is -0.339 e. The van der Waals surface area contributed by atoms with E-state index in [9.17, 15) is 9.59 Å². The number of benzene rings is 1. The van der Waals surface area contributed by atoms with Crippen LogP contribution < -0.4 is 0 Å². The van der Waals surface area contributed by atoms with E-state index in [1.807, 2.05) is 44.2 Å². The van der Waals surface area contributed by atoms with Crippen molar-refractivity contribution < 1.29 is 14.1 Å². The van der Waals surface area contributed by atoms with Crippen LogP contribution in [0.5, 0.6) is 0 Å². The normalized spacial score (nSPS) is 18.1. The number of amides is 2. The van der Waals surface area contributed by atoms with Gasteiger partial charge < -0.3 is 14.3 Å². The van der Waals surface area contributed by atoms with Crippen LogP contribution in [0.15, 0.2) is 34.9 Å². The fraction of sp³-hybridized carbons (Fsp3) is 0.474. The zero-order valence-corrected chi connectivity index (χ0v) is 15.4. The van der Waals surface area contributed by atoms with Crippen LogP contribution in [0.2, 0.25) is 0 Å². The van der Waals surface area contributed by atoms with E-state index in [1.54, 1.807) is 11.8 Å². The lowest BCUT2D eigenvalue weighted by atomic mass is 10.1. The van der Waals surface area contributed by atoms with Crippen LogP contribution in [0, 0.1) is 0 Å². The van der Waals surface area contributed by atoms with Gasteiger partial charge in [0.15, 0.2) is 5.82 Å². The summed E-state index contributed by atoms with van der Waals surface area (Å²) in [6, 6.07) is 9.41. The van der Waals surface area contributed by atoms with E-state index >= 15 is 0 Å². The molecule has 0 unspecified atom stereocenters. The molecule has 138 valence electrons. The minimum absolute atomic E-state index is 0.0480. The van der Waals surface area contributed by atoms with Crippen molar-refractivity contribution in [2.45, 2.75) is 45.7 Å². The van der Waals surface area contributed by atoms with Crippen LogP contribution in [0.1, 0.15) is 44.0 Å². The summed E-state index contributed by atoms with van der Waals surface area (Å²) in [5, 5.41) is 3.92. The van der Waals surface area contributed by atoms with E-state index in [4.69, 9.17) is 4.52 Å². The van der Waals surface area contributed by atoms with Gasteiger partial charge in [-0.1, -0.05) is 49.3 Å². The molecule has 1 saturated heterocycles. The number of carbonyl (C=O) groups is 2. The molecule has 0 N–H and O–H groups in total. The van der Waals surface area contributed by atoms with E-state index < -0.39 is 6.04 Å². The Labute approximate surface area is 153 Å². The molecule has 0 bridgehead atoms. The van der Waals surface area contributed by atoms with Gasteiger partial charge in [-0.25, -0.2) is 0 Å². The molecule has 1 atom stereocenters. The van der Waals surface area contributed by atoms with E-state index in [-0.39, 0.29) is 30.8 Å². The number of nitrogens with zero attached hydrogens (tertiary/aromatic N) is 4. The molecule has 1 aromatic heterocycles. The van der Waals surface area contributed by atoms with E-state index in [2.05, 4.69) is 10.1 Å². The molecule has 7 nitrogen and oxygen atoms in total. The van der Waals surface area contributed by atoms with Crippen molar-refractivity contribution in [3.8, 4) is 0 Å². The van der Waals surface area contributed by atoms with Crippen LogP contribution in [-0.4, -0.2) is 50.9 Å². The second-order valence-corrected chi connectivity index (χ2v) is 6.90. The van der Waals surface area contributed by atoms with Crippen LogP contribution in [0.4, 0.5) is 0 Å². The van der Waals surface area contributed by atoms with Crippen LogP contribution in [0.3, 0.4) is 0 Å². The van der Waals surface area contributed by atoms with Crippen molar-refractivity contribution >= 4 is 11.8 Å². The number of hydrogen-bond acceptors (Lipinski definition) is 5. The highest BCUT2D eigenvalue weighted by Gasteiger charge is 2.36. The lowest BCUT2D eigenvalue weighted by Gasteiger charge is -2.38. The molecule has 1 aromatic carbocycles. The molecule has 2 aromatic rings. The van der Waals surface area contributed by atoms with Gasteiger partial charge in [0, 0.05) is 12.5 Å². The highest BCUT2D eigenvalue weighted by molar-refractivity contribution is 5.94. The highest BCUT2D eigenvalue weighted by Crippen LogP contribution is 2.17. The Morgan fingerprint density at radius 2 is 1.96 bits per heavy atom. The third kappa shape index (κ3) is 3.92. The second kappa shape index (κ2) is 7.68. The number of carbonyl (C=O) groups excluding carboxylic acids is 2. The molecule has 0 aliphatic carbocycles. The third-order valence-electron chi connectivity index (χ3n) is 4.59. The average molecular weight is 356 g/mol. The summed E-state index contributed by atoms with van der Waals surface area (Å²) >= 11 is 0. The number of piperazine rings is 1. The molecule has 7 heteroatoms. The maximum absolute atomic E-state index is 12.7. The summed E-state index contributed by atoms with van der Waals surface area (Å²) in [6.07, 6.45) is 0.731. The molecule has 1 aliphatic rings. The van der Waals surface area contributed by atoms with Crippen molar-refractivity contribution in [3.63, 3.8) is 0 Å². The molecule has 1 fully saturated rings. The Balaban J connectivity index is 1.63. The molecule has 2 heterocycles. The Kier molecular flexibility index (Phi) is 5.35. The highest BCUT2D eigenvalue weighted by atomic mass is 16.5. The quantitative estimate of drug-likeness (QED) is 0.791. The number of hydrogen-bond donors (Lipinski definition) is 0. The fourth-order valence-corrected chi connectivity index (χ4v) is 2.99. The summed E-state index contributed by atoms with van der Waals surface area (Å²) in [4.78, 5) is 32.7. The van der Waals surface area contributed by atoms with Gasteiger partial charge in [-0.3, -0.25) is 9.59 Å². The lowest BCUT2D eigenvalue weighted by Crippen LogP contribution is -2.58. The second-order valence-electron chi connectivity index (χ2n) is 6.90. The SMILES string of the molecule is CC(C)c1nc(CN2C(=O)CN(CCc3ccccc3)C(=O)[C@H]2C)no1. The first-order chi connectivity index (χ1) is 12.5. The predicted molar refractivity (Wildman–Crippen MR) is 95.1 cm³/mol. The maximum Gasteiger partial charge on any atom is 0.245 e. The largest absolute Gasteiger partial charge is 0.339 e. The van der Waals surface area contributed by atoms with Crippen molar-refractivity contribution in [3.05, 3.63) is 47.6 Å². The number of rotatable bonds is 6. The van der Waals surface area contributed by atoms with Crippen molar-refractivity contribution in [2.24, 2.45) is 0 Å². The van der Waals surface area contributed by atoms with E-state index in [0.717, 1.165) is 12.0 Å². The summed E-state index contributed by atoms with van der Waals surface area (Å²) in [5.41, 5.74) is 1.15. The molecule has 2 amide bonds. The average Bonchev–Trinajstić information content (AvgIpc) is 3.10. The third-order valence-corrected chi connectivity index (χ3v) is 4.59. The smallest absolute Gasteiger partial charge is 0.245 e. The Morgan fingerprint density at radius 3 is 2.62 bits per heavy atom. The molecule has 3 rings (SSSR count). The number of aromatic nitrogens is 2. The summed E-state index contributed by atoms with van der Waals surface area (Å²) < 4.78 is 5.18. The van der Waals surface area contributed by atoms with Gasteiger partial charge in [0.1, 0.15) is 6.04 Å². The van der Waals surface area contributed by atoms with Gasteiger partial charge in [-0.15, -0.1) is 0 Å². The van der Waals surface area contributed by atoms with Crippen molar-refractivity contribution in [1.82, 2.24) is 19.9 Å². The lowest BCUT2D eigenvalue weighted by molar-refractivity contribution is -0.155. The van der Waals surface area contributed by atoms with Crippen molar-refractivity contribution in [1.29, 1.82) is 0 Å². The summed E-state index contributed by atoms with van der Waals surface area (Å²) in [6.45, 7) is 6.48. The van der Waals surface area contributed by atoms with E-state index in [0.29, 0.717) is 18.3 Å². The summed E-state index contributed by atoms with van der Waals surface area (Å²) in [7, 11) is 0. The van der Waals surface area contributed by atoms with Gasteiger partial charge in [0.25, 0.3) is 0 Å². The first-order valence-corrected chi connectivity index (χ1v) is 8.90. The molecule has 0 saturated carbocycles. The fourth-order valence-electron chi connectivity index (χ4n) is 2.99. The van der Waals surface area contributed by atoms with Gasteiger partial charge >= 0.3 is 0 Å². The van der Waals surface area contributed by atoms with Gasteiger partial charge in [0.2, 0.25) is 17.7 Å². The van der Waals surface area contributed by atoms with Gasteiger partial charge in [-0.2, -0.15) is 4.98 Å². The van der Waals surface area contributed by atoms with E-state index in [1.165, 1.54) is 4.90 Å². The van der Waals surface area contributed by atoms with Crippen LogP contribution in [0.25, 0.3) is 0 Å². The Hall–Kier alpha value is -2.70. The first-order valence-electron chi connectivity index (χ1n) is 8.90. The van der Waals surface area contributed by atoms with Crippen LogP contribution >= 0.6 is 0 Å². The Morgan fingerprint density at radius 1 is 1.23 bits per heavy atom. The predicted octanol–water partition coefficient (Wildman–Crippen LogP) is 2.00. The zero-order chi connectivity index (χ0) is 18.7.